The zero-order valence-electron chi connectivity index (χ0n) is 15.5. The maximum atomic E-state index is 13.0. The summed E-state index contributed by atoms with van der Waals surface area (Å²) < 4.78 is 9.94. The normalized spacial score (nSPS) is 11.8. The van der Waals surface area contributed by atoms with Gasteiger partial charge in [-0.1, -0.05) is 0 Å². The summed E-state index contributed by atoms with van der Waals surface area (Å²) in [4.78, 5) is 13.0. The van der Waals surface area contributed by atoms with E-state index in [0.29, 0.717) is 0 Å². The van der Waals surface area contributed by atoms with Crippen molar-refractivity contribution >= 4 is 35.5 Å². The Morgan fingerprint density at radius 1 is 0.654 bits per heavy atom. The SMILES string of the molecule is CC(C)(C)C(=O)[O][Sn]([c]1ccccc1)([c]1ccccc1)[c]1ccccc1. The molecule has 3 rings (SSSR count). The second kappa shape index (κ2) is 7.66. The quantitative estimate of drug-likeness (QED) is 0.570. The summed E-state index contributed by atoms with van der Waals surface area (Å²) >= 11 is -3.95. The van der Waals surface area contributed by atoms with Gasteiger partial charge in [0, 0.05) is 0 Å². The monoisotopic (exact) mass is 452 g/mol. The minimum absolute atomic E-state index is 0.148. The van der Waals surface area contributed by atoms with Crippen LogP contribution in [-0.2, 0) is 7.87 Å². The molecule has 0 amide bonds. The molecule has 2 nitrogen and oxygen atoms in total. The molecule has 3 aromatic carbocycles. The van der Waals surface area contributed by atoms with Crippen molar-refractivity contribution in [3.05, 3.63) is 91.0 Å². The van der Waals surface area contributed by atoms with Crippen molar-refractivity contribution < 1.29 is 7.87 Å². The van der Waals surface area contributed by atoms with Crippen molar-refractivity contribution in [3.63, 3.8) is 0 Å². The molecule has 0 radical (unpaired) electrons. The molecular weight excluding hydrogens is 427 g/mol. The van der Waals surface area contributed by atoms with Crippen LogP contribution in [0.1, 0.15) is 20.8 Å². The van der Waals surface area contributed by atoms with E-state index in [1.165, 1.54) is 0 Å². The molecule has 0 fully saturated rings. The molecule has 0 bridgehead atoms. The van der Waals surface area contributed by atoms with E-state index in [2.05, 4.69) is 36.4 Å². The third-order valence-corrected chi connectivity index (χ3v) is 15.6. The first kappa shape index (κ1) is 18.7. The first-order valence-corrected chi connectivity index (χ1v) is 14.3. The second-order valence-corrected chi connectivity index (χ2v) is 16.8. The summed E-state index contributed by atoms with van der Waals surface area (Å²) in [5.41, 5.74) is -0.555. The molecule has 0 aliphatic carbocycles. The van der Waals surface area contributed by atoms with Gasteiger partial charge in [-0.2, -0.15) is 0 Å². The Bertz CT molecular complexity index is 756. The van der Waals surface area contributed by atoms with Crippen LogP contribution in [0.4, 0.5) is 0 Å². The molecular formula is C23H24O2Sn. The molecule has 0 saturated heterocycles. The van der Waals surface area contributed by atoms with Gasteiger partial charge < -0.3 is 0 Å². The topological polar surface area (TPSA) is 26.3 Å². The molecule has 0 aromatic heterocycles. The van der Waals surface area contributed by atoms with E-state index < -0.39 is 24.2 Å². The Morgan fingerprint density at radius 3 is 1.23 bits per heavy atom. The van der Waals surface area contributed by atoms with E-state index in [0.717, 1.165) is 10.7 Å². The van der Waals surface area contributed by atoms with E-state index >= 15 is 0 Å². The van der Waals surface area contributed by atoms with Gasteiger partial charge >= 0.3 is 161 Å². The Labute approximate surface area is 160 Å². The molecule has 0 unspecified atom stereocenters. The number of rotatable bonds is 4. The number of hydrogen-bond acceptors (Lipinski definition) is 2. The fraction of sp³-hybridized carbons (Fsp3) is 0.174. The van der Waals surface area contributed by atoms with Gasteiger partial charge in [-0.3, -0.25) is 0 Å². The summed E-state index contributed by atoms with van der Waals surface area (Å²) in [6.45, 7) is 5.73. The summed E-state index contributed by atoms with van der Waals surface area (Å²) in [5.74, 6) is -0.148. The molecule has 0 atom stereocenters. The Balaban J connectivity index is 2.30. The van der Waals surface area contributed by atoms with Crippen molar-refractivity contribution in [2.24, 2.45) is 5.41 Å². The van der Waals surface area contributed by atoms with Crippen molar-refractivity contribution in [3.8, 4) is 0 Å². The molecule has 132 valence electrons. The molecule has 0 saturated carbocycles. The Kier molecular flexibility index (Phi) is 5.52. The predicted octanol–water partition coefficient (Wildman–Crippen LogP) is 3.24. The number of carbonyl (C=O) groups is 1. The number of carbonyl (C=O) groups excluding carboxylic acids is 1. The van der Waals surface area contributed by atoms with E-state index in [9.17, 15) is 4.79 Å². The van der Waals surface area contributed by atoms with E-state index in [1.807, 2.05) is 75.4 Å². The van der Waals surface area contributed by atoms with Gasteiger partial charge in [-0.05, 0) is 0 Å². The van der Waals surface area contributed by atoms with Crippen LogP contribution in [0.15, 0.2) is 91.0 Å². The van der Waals surface area contributed by atoms with Gasteiger partial charge in [0.15, 0.2) is 0 Å². The van der Waals surface area contributed by atoms with E-state index in [-0.39, 0.29) is 5.97 Å². The zero-order chi connectivity index (χ0) is 18.6. The average molecular weight is 451 g/mol. The molecule has 0 aliphatic heterocycles. The van der Waals surface area contributed by atoms with Crippen molar-refractivity contribution in [1.29, 1.82) is 0 Å². The first-order valence-electron chi connectivity index (χ1n) is 8.84. The van der Waals surface area contributed by atoms with Gasteiger partial charge in [-0.25, -0.2) is 0 Å². The van der Waals surface area contributed by atoms with Crippen LogP contribution < -0.4 is 10.7 Å². The fourth-order valence-electron chi connectivity index (χ4n) is 2.99. The van der Waals surface area contributed by atoms with Crippen LogP contribution >= 0.6 is 0 Å². The van der Waals surface area contributed by atoms with Crippen LogP contribution in [0.3, 0.4) is 0 Å². The van der Waals surface area contributed by atoms with Gasteiger partial charge in [0.05, 0.1) is 0 Å². The van der Waals surface area contributed by atoms with Crippen LogP contribution in [0.25, 0.3) is 0 Å². The summed E-state index contributed by atoms with van der Waals surface area (Å²) in [6, 6.07) is 30.8. The van der Waals surface area contributed by atoms with Crippen molar-refractivity contribution in [1.82, 2.24) is 0 Å². The minimum atomic E-state index is -3.95. The molecule has 0 N–H and O–H groups in total. The molecule has 3 heteroatoms. The number of hydrogen-bond donors (Lipinski definition) is 0. The standard InChI is InChI=1S/3C6H5.C5H10O2.Sn/c3*1-2-4-6-5-3-1;1-5(2,3)4(6)7;/h3*1-5H;1-3H3,(H,6,7);/q;;;;+1/p-1. The first-order chi connectivity index (χ1) is 12.4. The summed E-state index contributed by atoms with van der Waals surface area (Å²) in [5, 5.41) is 0. The van der Waals surface area contributed by atoms with Crippen LogP contribution in [-0.4, -0.2) is 24.8 Å². The predicted molar refractivity (Wildman–Crippen MR) is 110 cm³/mol. The van der Waals surface area contributed by atoms with E-state index in [1.54, 1.807) is 0 Å². The average Bonchev–Trinajstić information content (AvgIpc) is 2.67. The third-order valence-electron chi connectivity index (χ3n) is 4.40. The molecule has 0 aliphatic rings. The number of benzene rings is 3. The van der Waals surface area contributed by atoms with Crippen LogP contribution in [0, 0.1) is 5.41 Å². The molecule has 0 heterocycles. The van der Waals surface area contributed by atoms with Crippen LogP contribution in [0.2, 0.25) is 0 Å². The third kappa shape index (κ3) is 3.70. The van der Waals surface area contributed by atoms with Gasteiger partial charge in [0.1, 0.15) is 0 Å². The summed E-state index contributed by atoms with van der Waals surface area (Å²) in [6.07, 6.45) is 0. The molecule has 3 aromatic rings. The Hall–Kier alpha value is -2.07. The molecule has 26 heavy (non-hydrogen) atoms. The maximum absolute atomic E-state index is 13.0. The Morgan fingerprint density at radius 2 is 0.962 bits per heavy atom. The van der Waals surface area contributed by atoms with Gasteiger partial charge in [0.2, 0.25) is 0 Å². The molecule has 0 spiro atoms. The van der Waals surface area contributed by atoms with Crippen molar-refractivity contribution in [2.75, 3.05) is 0 Å². The fourth-order valence-corrected chi connectivity index (χ4v) is 14.2. The van der Waals surface area contributed by atoms with Crippen molar-refractivity contribution in [2.45, 2.75) is 20.8 Å². The zero-order valence-corrected chi connectivity index (χ0v) is 18.3. The van der Waals surface area contributed by atoms with Crippen LogP contribution in [0.5, 0.6) is 0 Å². The second-order valence-electron chi connectivity index (χ2n) is 7.42. The van der Waals surface area contributed by atoms with Gasteiger partial charge in [-0.15, -0.1) is 0 Å². The van der Waals surface area contributed by atoms with Gasteiger partial charge in [0.25, 0.3) is 0 Å². The summed E-state index contributed by atoms with van der Waals surface area (Å²) in [7, 11) is 0. The van der Waals surface area contributed by atoms with E-state index in [4.69, 9.17) is 3.07 Å².